The lowest BCUT2D eigenvalue weighted by atomic mass is 10.0. The maximum Gasteiger partial charge on any atom is 0.268 e. The Hall–Kier alpha value is -2.51. The van der Waals surface area contributed by atoms with Crippen molar-refractivity contribution in [2.45, 2.75) is 30.7 Å². The van der Waals surface area contributed by atoms with Crippen LogP contribution in [0.5, 0.6) is 0 Å². The van der Waals surface area contributed by atoms with E-state index in [4.69, 9.17) is 0 Å². The van der Waals surface area contributed by atoms with Crippen LogP contribution in [0, 0.1) is 11.6 Å². The van der Waals surface area contributed by atoms with Crippen molar-refractivity contribution in [1.82, 2.24) is 9.29 Å². The third-order valence-electron chi connectivity index (χ3n) is 5.13. The predicted octanol–water partition coefficient (Wildman–Crippen LogP) is 3.88. The minimum Gasteiger partial charge on any atom is -0.316 e. The Morgan fingerprint density at radius 1 is 1.07 bits per heavy atom. The van der Waals surface area contributed by atoms with Gasteiger partial charge in [-0.25, -0.2) is 21.2 Å². The molecule has 28 heavy (non-hydrogen) atoms. The fourth-order valence-corrected chi connectivity index (χ4v) is 5.27. The minimum absolute atomic E-state index is 0.276. The van der Waals surface area contributed by atoms with Crippen LogP contribution in [0.1, 0.15) is 23.1 Å². The van der Waals surface area contributed by atoms with E-state index in [1.54, 1.807) is 13.2 Å². The van der Waals surface area contributed by atoms with Crippen molar-refractivity contribution in [3.63, 3.8) is 0 Å². The summed E-state index contributed by atoms with van der Waals surface area (Å²) in [7, 11) is -2.29. The fourth-order valence-electron chi connectivity index (χ4n) is 3.84. The second kappa shape index (κ2) is 7.14. The molecule has 1 aliphatic rings. The molecular weight excluding hydrogens is 382 g/mol. The van der Waals surface area contributed by atoms with Gasteiger partial charge in [-0.2, -0.15) is 0 Å². The number of fused-ring (bicyclic) bond motifs is 3. The molecule has 0 spiro atoms. The standard InChI is InChI=1S/C21H20F2N2O2S/c1-24-12-15-13-25(28(26,27)16-9-10-19(22)20(23)11-16)21-17-7-3-2-5-14(17)6-4-8-18(15)21/h2-3,5,7,9-11,13,24H,4,6,8,12H2,1H3. The smallest absolute Gasteiger partial charge is 0.268 e. The summed E-state index contributed by atoms with van der Waals surface area (Å²) in [6.07, 6.45) is 4.12. The number of halogens is 2. The summed E-state index contributed by atoms with van der Waals surface area (Å²) in [4.78, 5) is -0.276. The van der Waals surface area contributed by atoms with Gasteiger partial charge in [0.2, 0.25) is 0 Å². The number of nitrogens with one attached hydrogen (secondary N) is 1. The zero-order valence-electron chi connectivity index (χ0n) is 15.4. The van der Waals surface area contributed by atoms with Gasteiger partial charge in [-0.3, -0.25) is 0 Å². The number of hydrogen-bond donors (Lipinski definition) is 1. The highest BCUT2D eigenvalue weighted by molar-refractivity contribution is 7.90. The first-order valence-electron chi connectivity index (χ1n) is 9.10. The van der Waals surface area contributed by atoms with Crippen molar-refractivity contribution in [3.05, 3.63) is 77.0 Å². The Bertz CT molecular complexity index is 1150. The van der Waals surface area contributed by atoms with Gasteiger partial charge in [0.25, 0.3) is 10.0 Å². The summed E-state index contributed by atoms with van der Waals surface area (Å²) in [5.41, 5.74) is 4.43. The molecule has 1 aliphatic carbocycles. The van der Waals surface area contributed by atoms with E-state index in [-0.39, 0.29) is 4.90 Å². The lowest BCUT2D eigenvalue weighted by Crippen LogP contribution is -2.14. The highest BCUT2D eigenvalue weighted by Gasteiger charge is 2.28. The van der Waals surface area contributed by atoms with Crippen LogP contribution in [0.2, 0.25) is 0 Å². The number of hydrogen-bond acceptors (Lipinski definition) is 3. The van der Waals surface area contributed by atoms with E-state index in [1.165, 1.54) is 3.97 Å². The molecule has 4 nitrogen and oxygen atoms in total. The number of aromatic nitrogens is 1. The monoisotopic (exact) mass is 402 g/mol. The van der Waals surface area contributed by atoms with E-state index in [0.717, 1.165) is 59.7 Å². The second-order valence-electron chi connectivity index (χ2n) is 6.90. The Morgan fingerprint density at radius 2 is 1.86 bits per heavy atom. The molecule has 7 heteroatoms. The van der Waals surface area contributed by atoms with Gasteiger partial charge in [0, 0.05) is 18.3 Å². The largest absolute Gasteiger partial charge is 0.316 e. The van der Waals surface area contributed by atoms with E-state index >= 15 is 0 Å². The molecule has 3 aromatic rings. The van der Waals surface area contributed by atoms with Crippen molar-refractivity contribution in [2.75, 3.05) is 7.05 Å². The molecule has 0 saturated heterocycles. The van der Waals surface area contributed by atoms with Crippen molar-refractivity contribution in [3.8, 4) is 11.3 Å². The quantitative estimate of drug-likeness (QED) is 0.721. The third-order valence-corrected chi connectivity index (χ3v) is 6.78. The molecule has 1 aromatic heterocycles. The maximum absolute atomic E-state index is 13.7. The Kier molecular flexibility index (Phi) is 4.81. The second-order valence-corrected chi connectivity index (χ2v) is 8.71. The zero-order valence-corrected chi connectivity index (χ0v) is 16.2. The molecule has 1 heterocycles. The van der Waals surface area contributed by atoms with Crippen molar-refractivity contribution < 1.29 is 17.2 Å². The zero-order chi connectivity index (χ0) is 19.9. The van der Waals surface area contributed by atoms with Crippen LogP contribution in [0.4, 0.5) is 8.78 Å². The van der Waals surface area contributed by atoms with Crippen LogP contribution >= 0.6 is 0 Å². The van der Waals surface area contributed by atoms with E-state index in [2.05, 4.69) is 5.32 Å². The molecule has 0 atom stereocenters. The third kappa shape index (κ3) is 3.04. The normalized spacial score (nSPS) is 13.7. The van der Waals surface area contributed by atoms with Crippen LogP contribution in [-0.4, -0.2) is 19.4 Å². The number of nitrogens with zero attached hydrogens (tertiary/aromatic N) is 1. The molecule has 1 N–H and O–H groups in total. The number of benzene rings is 2. The Labute approximate surface area is 162 Å². The maximum atomic E-state index is 13.7. The van der Waals surface area contributed by atoms with Crippen LogP contribution in [-0.2, 0) is 29.4 Å². The summed E-state index contributed by atoms with van der Waals surface area (Å²) >= 11 is 0. The van der Waals surface area contributed by atoms with Crippen molar-refractivity contribution >= 4 is 10.0 Å². The number of rotatable bonds is 4. The van der Waals surface area contributed by atoms with Crippen LogP contribution in [0.3, 0.4) is 0 Å². The van der Waals surface area contributed by atoms with Crippen LogP contribution < -0.4 is 5.32 Å². The van der Waals surface area contributed by atoms with Gasteiger partial charge in [-0.15, -0.1) is 0 Å². The summed E-state index contributed by atoms with van der Waals surface area (Å²) in [5, 5.41) is 3.08. The summed E-state index contributed by atoms with van der Waals surface area (Å²) < 4.78 is 55.0. The van der Waals surface area contributed by atoms with E-state index in [1.807, 2.05) is 24.3 Å². The summed E-state index contributed by atoms with van der Waals surface area (Å²) in [6.45, 7) is 0.519. The molecule has 0 radical (unpaired) electrons. The average Bonchev–Trinajstić information content (AvgIpc) is 2.92. The molecule has 2 aromatic carbocycles. The fraction of sp³-hybridized carbons (Fsp3) is 0.238. The molecule has 146 valence electrons. The van der Waals surface area contributed by atoms with Gasteiger partial charge in [0.1, 0.15) is 0 Å². The highest BCUT2D eigenvalue weighted by Crippen LogP contribution is 2.37. The molecule has 0 amide bonds. The van der Waals surface area contributed by atoms with E-state index in [0.29, 0.717) is 12.2 Å². The number of aryl methyl sites for hydroxylation is 1. The predicted molar refractivity (Wildman–Crippen MR) is 104 cm³/mol. The van der Waals surface area contributed by atoms with Gasteiger partial charge < -0.3 is 5.32 Å². The van der Waals surface area contributed by atoms with Gasteiger partial charge in [0.05, 0.1) is 10.6 Å². The first kappa shape index (κ1) is 18.8. The molecule has 0 bridgehead atoms. The molecular formula is C21H20F2N2O2S. The highest BCUT2D eigenvalue weighted by atomic mass is 32.2. The van der Waals surface area contributed by atoms with Gasteiger partial charge in [0.15, 0.2) is 11.6 Å². The van der Waals surface area contributed by atoms with Gasteiger partial charge >= 0.3 is 0 Å². The Morgan fingerprint density at radius 3 is 2.61 bits per heavy atom. The van der Waals surface area contributed by atoms with Gasteiger partial charge in [-0.1, -0.05) is 24.3 Å². The lowest BCUT2D eigenvalue weighted by Gasteiger charge is -2.13. The van der Waals surface area contributed by atoms with Gasteiger partial charge in [-0.05, 0) is 61.2 Å². The van der Waals surface area contributed by atoms with E-state index < -0.39 is 21.7 Å². The van der Waals surface area contributed by atoms with Crippen LogP contribution in [0.25, 0.3) is 11.3 Å². The average molecular weight is 402 g/mol. The topological polar surface area (TPSA) is 51.1 Å². The van der Waals surface area contributed by atoms with Crippen LogP contribution in [0.15, 0.2) is 53.6 Å². The molecule has 0 fully saturated rings. The minimum atomic E-state index is -4.09. The molecule has 0 saturated carbocycles. The summed E-state index contributed by atoms with van der Waals surface area (Å²) in [5.74, 6) is -2.26. The van der Waals surface area contributed by atoms with Crippen molar-refractivity contribution in [2.24, 2.45) is 0 Å². The molecule has 4 rings (SSSR count). The molecule has 0 unspecified atom stereocenters. The molecule has 0 aliphatic heterocycles. The SMILES string of the molecule is CNCc1cn(S(=O)(=O)c2ccc(F)c(F)c2)c2c1CCCc1ccccc1-2. The first-order chi connectivity index (χ1) is 13.4. The first-order valence-corrected chi connectivity index (χ1v) is 10.5. The van der Waals surface area contributed by atoms with Crippen molar-refractivity contribution in [1.29, 1.82) is 0 Å². The van der Waals surface area contributed by atoms with E-state index in [9.17, 15) is 17.2 Å². The Balaban J connectivity index is 2.00. The summed E-state index contributed by atoms with van der Waals surface area (Å²) in [6, 6.07) is 10.4. The lowest BCUT2D eigenvalue weighted by molar-refractivity contribution is 0.504.